The summed E-state index contributed by atoms with van der Waals surface area (Å²) in [4.78, 5) is 0. The molecule has 0 bridgehead atoms. The molecule has 1 rings (SSSR count). The van der Waals surface area contributed by atoms with Crippen molar-refractivity contribution in [3.8, 4) is 0 Å². The van der Waals surface area contributed by atoms with Crippen LogP contribution in [0.5, 0.6) is 0 Å². The van der Waals surface area contributed by atoms with E-state index >= 15 is 0 Å². The monoisotopic (exact) mass is 163 g/mol. The minimum atomic E-state index is -1.78. The smallest absolute Gasteiger partial charge is 0.195 e. The molecule has 65 valence electrons. The number of ether oxygens (including phenoxy) is 1. The van der Waals surface area contributed by atoms with E-state index < -0.39 is 24.6 Å². The molecule has 0 saturated carbocycles. The van der Waals surface area contributed by atoms with Gasteiger partial charge in [-0.2, -0.15) is 0 Å². The van der Waals surface area contributed by atoms with Crippen LogP contribution in [0.3, 0.4) is 0 Å². The SMILES string of the molecule is [O]C[C@]1(O)C[C@H](O)[C@@H](CO)O1. The van der Waals surface area contributed by atoms with E-state index in [2.05, 4.69) is 0 Å². The molecule has 0 amide bonds. The second-order valence-electron chi connectivity index (χ2n) is 2.70. The number of hydrogen-bond donors (Lipinski definition) is 3. The number of hydrogen-bond acceptors (Lipinski definition) is 4. The third kappa shape index (κ3) is 1.69. The molecule has 5 heteroatoms. The van der Waals surface area contributed by atoms with E-state index in [-0.39, 0.29) is 13.0 Å². The molecule has 0 aromatic heterocycles. The van der Waals surface area contributed by atoms with Gasteiger partial charge in [-0.1, -0.05) is 0 Å². The van der Waals surface area contributed by atoms with E-state index in [1.807, 2.05) is 0 Å². The van der Waals surface area contributed by atoms with Crippen LogP contribution in [0.2, 0.25) is 0 Å². The van der Waals surface area contributed by atoms with Crippen LogP contribution in [0.4, 0.5) is 0 Å². The summed E-state index contributed by atoms with van der Waals surface area (Å²) < 4.78 is 4.70. The van der Waals surface area contributed by atoms with Gasteiger partial charge in [-0.3, -0.25) is 0 Å². The van der Waals surface area contributed by atoms with Gasteiger partial charge in [0.15, 0.2) is 5.79 Å². The van der Waals surface area contributed by atoms with Gasteiger partial charge >= 0.3 is 0 Å². The molecule has 1 saturated heterocycles. The van der Waals surface area contributed by atoms with E-state index in [0.717, 1.165) is 0 Å². The topological polar surface area (TPSA) is 89.8 Å². The van der Waals surface area contributed by atoms with E-state index in [1.54, 1.807) is 0 Å². The van der Waals surface area contributed by atoms with Crippen LogP contribution in [0.15, 0.2) is 0 Å². The first-order chi connectivity index (χ1) is 5.11. The van der Waals surface area contributed by atoms with Gasteiger partial charge in [0.1, 0.15) is 12.7 Å². The lowest BCUT2D eigenvalue weighted by Gasteiger charge is -2.17. The summed E-state index contributed by atoms with van der Waals surface area (Å²) in [6, 6.07) is 0. The molecule has 1 aliphatic heterocycles. The van der Waals surface area contributed by atoms with Crippen molar-refractivity contribution >= 4 is 0 Å². The van der Waals surface area contributed by atoms with Gasteiger partial charge in [-0.15, -0.1) is 0 Å². The van der Waals surface area contributed by atoms with Crippen LogP contribution in [0.1, 0.15) is 6.42 Å². The molecule has 0 spiro atoms. The summed E-state index contributed by atoms with van der Waals surface area (Å²) in [7, 11) is 0. The maximum Gasteiger partial charge on any atom is 0.195 e. The highest BCUT2D eigenvalue weighted by molar-refractivity contribution is 4.85. The molecule has 3 atom stereocenters. The highest BCUT2D eigenvalue weighted by Crippen LogP contribution is 2.27. The highest BCUT2D eigenvalue weighted by Gasteiger charge is 2.44. The van der Waals surface area contributed by atoms with Gasteiger partial charge in [-0.05, 0) is 0 Å². The molecule has 0 aromatic carbocycles. The summed E-state index contributed by atoms with van der Waals surface area (Å²) in [5.74, 6) is -1.78. The molecule has 3 N–H and O–H groups in total. The third-order valence-corrected chi connectivity index (χ3v) is 1.73. The van der Waals surface area contributed by atoms with Gasteiger partial charge < -0.3 is 20.1 Å². The lowest BCUT2D eigenvalue weighted by molar-refractivity contribution is -0.226. The Morgan fingerprint density at radius 2 is 2.27 bits per heavy atom. The van der Waals surface area contributed by atoms with Gasteiger partial charge in [-0.25, -0.2) is 5.11 Å². The Balaban J connectivity index is 2.55. The van der Waals surface area contributed by atoms with E-state index in [0.29, 0.717) is 0 Å². The van der Waals surface area contributed by atoms with E-state index in [4.69, 9.17) is 20.1 Å². The van der Waals surface area contributed by atoms with Gasteiger partial charge in [0.2, 0.25) is 0 Å². The maximum atomic E-state index is 10.3. The molecule has 0 aromatic rings. The number of aliphatic hydroxyl groups is 3. The largest absolute Gasteiger partial charge is 0.394 e. The summed E-state index contributed by atoms with van der Waals surface area (Å²) in [6.45, 7) is -1.20. The summed E-state index contributed by atoms with van der Waals surface area (Å²) in [5.41, 5.74) is 0. The van der Waals surface area contributed by atoms with Crippen molar-refractivity contribution in [3.05, 3.63) is 0 Å². The van der Waals surface area contributed by atoms with Gasteiger partial charge in [0.25, 0.3) is 0 Å². The minimum Gasteiger partial charge on any atom is -0.394 e. The van der Waals surface area contributed by atoms with Crippen molar-refractivity contribution in [3.63, 3.8) is 0 Å². The Morgan fingerprint density at radius 3 is 2.55 bits per heavy atom. The second-order valence-corrected chi connectivity index (χ2v) is 2.70. The van der Waals surface area contributed by atoms with Crippen LogP contribution >= 0.6 is 0 Å². The minimum absolute atomic E-state index is 0.123. The average molecular weight is 163 g/mol. The average Bonchev–Trinajstić information content (AvgIpc) is 2.27. The molecule has 1 heterocycles. The fourth-order valence-corrected chi connectivity index (χ4v) is 1.12. The van der Waals surface area contributed by atoms with Gasteiger partial charge in [0, 0.05) is 6.42 Å². The summed E-state index contributed by atoms with van der Waals surface area (Å²) in [6.07, 6.45) is -1.89. The first-order valence-electron chi connectivity index (χ1n) is 3.38. The fraction of sp³-hybridized carbons (Fsp3) is 1.00. The van der Waals surface area contributed by atoms with Crippen molar-refractivity contribution in [2.45, 2.75) is 24.4 Å². The first-order valence-corrected chi connectivity index (χ1v) is 3.38. The van der Waals surface area contributed by atoms with Crippen LogP contribution in [-0.4, -0.2) is 46.5 Å². The number of rotatable bonds is 2. The third-order valence-electron chi connectivity index (χ3n) is 1.73. The molecule has 11 heavy (non-hydrogen) atoms. The van der Waals surface area contributed by atoms with Crippen LogP contribution in [0.25, 0.3) is 0 Å². The molecule has 1 fully saturated rings. The second kappa shape index (κ2) is 3.04. The molecule has 1 aliphatic rings. The normalized spacial score (nSPS) is 44.7. The molecule has 0 aliphatic carbocycles. The number of aliphatic hydroxyl groups excluding tert-OH is 2. The van der Waals surface area contributed by atoms with Crippen LogP contribution in [-0.2, 0) is 9.84 Å². The van der Waals surface area contributed by atoms with Crippen molar-refractivity contribution < 1.29 is 25.2 Å². The molecule has 5 nitrogen and oxygen atoms in total. The molecular formula is C6H11O5. The van der Waals surface area contributed by atoms with Crippen molar-refractivity contribution in [2.24, 2.45) is 0 Å². The zero-order valence-electron chi connectivity index (χ0n) is 5.93. The molecular weight excluding hydrogens is 152 g/mol. The Hall–Kier alpha value is -0.200. The first kappa shape index (κ1) is 8.89. The molecule has 1 radical (unpaired) electrons. The maximum absolute atomic E-state index is 10.3. The summed E-state index contributed by atoms with van der Waals surface area (Å²) >= 11 is 0. The molecule has 0 unspecified atom stereocenters. The lowest BCUT2D eigenvalue weighted by Crippen LogP contribution is -2.33. The van der Waals surface area contributed by atoms with Crippen molar-refractivity contribution in [1.82, 2.24) is 0 Å². The van der Waals surface area contributed by atoms with Crippen LogP contribution < -0.4 is 0 Å². The van der Waals surface area contributed by atoms with E-state index in [9.17, 15) is 5.11 Å². The fourth-order valence-electron chi connectivity index (χ4n) is 1.12. The standard InChI is InChI=1S/C6H11O5/c7-2-5-4(9)1-6(10,3-8)11-5/h4-5,7,9-10H,1-3H2/t4-,5+,6-/m0/s1. The van der Waals surface area contributed by atoms with E-state index in [1.165, 1.54) is 0 Å². The Kier molecular flexibility index (Phi) is 2.46. The summed E-state index contributed by atoms with van der Waals surface area (Å²) in [5, 5.41) is 37.1. The zero-order chi connectivity index (χ0) is 8.48. The predicted octanol–water partition coefficient (Wildman–Crippen LogP) is -1.75. The predicted molar refractivity (Wildman–Crippen MR) is 33.1 cm³/mol. The van der Waals surface area contributed by atoms with Crippen LogP contribution in [0, 0.1) is 0 Å². The highest BCUT2D eigenvalue weighted by atomic mass is 16.7. The quantitative estimate of drug-likeness (QED) is 0.450. The Bertz CT molecular complexity index is 139. The van der Waals surface area contributed by atoms with Crippen molar-refractivity contribution in [1.29, 1.82) is 0 Å². The van der Waals surface area contributed by atoms with Crippen molar-refractivity contribution in [2.75, 3.05) is 13.2 Å². The lowest BCUT2D eigenvalue weighted by atomic mass is 10.1. The Morgan fingerprint density at radius 1 is 1.64 bits per heavy atom. The van der Waals surface area contributed by atoms with Gasteiger partial charge in [0.05, 0.1) is 12.7 Å². The zero-order valence-corrected chi connectivity index (χ0v) is 5.93. The Labute approximate surface area is 63.8 Å².